The number of ether oxygens (including phenoxy) is 1. The summed E-state index contributed by atoms with van der Waals surface area (Å²) >= 11 is 0. The lowest BCUT2D eigenvalue weighted by molar-refractivity contribution is -0.119. The third-order valence-electron chi connectivity index (χ3n) is 7.97. The summed E-state index contributed by atoms with van der Waals surface area (Å²) in [7, 11) is 3.50. The van der Waals surface area contributed by atoms with Gasteiger partial charge in [0.15, 0.2) is 0 Å². The van der Waals surface area contributed by atoms with E-state index in [1.165, 1.54) is 6.20 Å². The number of aromatic hydroxyl groups is 1. The number of hydrogen-bond acceptors (Lipinski definition) is 8. The molecule has 236 valence electrons. The SMILES string of the molecule is CC.COC(C)/N=C\C(=C/N)c1ccc(CCNC(=O)c2ccc(C)c(C3CC(=O)CC[C@@H](O)[C@@H](C)N(C)C3)c2O)cc1. The summed E-state index contributed by atoms with van der Waals surface area (Å²) < 4.78 is 5.14. The lowest BCUT2D eigenvalue weighted by Gasteiger charge is -2.31. The smallest absolute Gasteiger partial charge is 0.255 e. The van der Waals surface area contributed by atoms with Crippen LogP contribution in [0.2, 0.25) is 0 Å². The summed E-state index contributed by atoms with van der Waals surface area (Å²) in [5, 5.41) is 24.6. The largest absolute Gasteiger partial charge is 0.507 e. The topological polar surface area (TPSA) is 137 Å². The maximum absolute atomic E-state index is 13.1. The highest BCUT2D eigenvalue weighted by atomic mass is 16.5. The van der Waals surface area contributed by atoms with E-state index in [1.807, 2.05) is 76.9 Å². The molecule has 2 aromatic rings. The highest BCUT2D eigenvalue weighted by Crippen LogP contribution is 2.36. The van der Waals surface area contributed by atoms with Crippen LogP contribution in [0.25, 0.3) is 5.57 Å². The van der Waals surface area contributed by atoms with Crippen LogP contribution < -0.4 is 11.1 Å². The fourth-order valence-electron chi connectivity index (χ4n) is 5.14. The molecule has 1 aliphatic heterocycles. The lowest BCUT2D eigenvalue weighted by atomic mass is 9.87. The van der Waals surface area contributed by atoms with Crippen molar-refractivity contribution in [2.24, 2.45) is 10.7 Å². The molecular formula is C34H50N4O5. The van der Waals surface area contributed by atoms with E-state index in [4.69, 9.17) is 10.5 Å². The number of benzene rings is 2. The molecule has 2 unspecified atom stereocenters. The second-order valence-electron chi connectivity index (χ2n) is 10.9. The van der Waals surface area contributed by atoms with Gasteiger partial charge in [0.1, 0.15) is 17.8 Å². The van der Waals surface area contributed by atoms with Crippen LogP contribution in [0.15, 0.2) is 47.6 Å². The Balaban J connectivity index is 0.00000316. The molecule has 1 saturated heterocycles. The van der Waals surface area contributed by atoms with Crippen LogP contribution in [-0.2, 0) is 16.0 Å². The van der Waals surface area contributed by atoms with Gasteiger partial charge in [-0.3, -0.25) is 14.6 Å². The van der Waals surface area contributed by atoms with E-state index in [0.717, 1.165) is 22.3 Å². The van der Waals surface area contributed by atoms with E-state index in [1.54, 1.807) is 19.4 Å². The Kier molecular flexibility index (Phi) is 14.6. The average Bonchev–Trinajstić information content (AvgIpc) is 3.04. The van der Waals surface area contributed by atoms with E-state index in [0.29, 0.717) is 37.9 Å². The molecule has 1 aliphatic rings. The molecule has 4 atom stereocenters. The number of likely N-dealkylation sites (N-methyl/N-ethyl adjacent to an activating group) is 1. The maximum Gasteiger partial charge on any atom is 0.255 e. The van der Waals surface area contributed by atoms with Gasteiger partial charge < -0.3 is 30.9 Å². The fraction of sp³-hybridized carbons (Fsp3) is 0.500. The predicted molar refractivity (Wildman–Crippen MR) is 173 cm³/mol. The van der Waals surface area contributed by atoms with Crippen molar-refractivity contribution in [3.63, 3.8) is 0 Å². The molecule has 43 heavy (non-hydrogen) atoms. The van der Waals surface area contributed by atoms with Crippen LogP contribution in [0.3, 0.4) is 0 Å². The Labute approximate surface area is 256 Å². The van der Waals surface area contributed by atoms with Gasteiger partial charge in [-0.1, -0.05) is 44.2 Å². The van der Waals surface area contributed by atoms with E-state index >= 15 is 0 Å². The number of rotatable bonds is 9. The number of aryl methyl sites for hydroxylation is 1. The Hall–Kier alpha value is -3.53. The zero-order valence-electron chi connectivity index (χ0n) is 26.8. The summed E-state index contributed by atoms with van der Waals surface area (Å²) in [5.74, 6) is -0.705. The normalized spacial score (nSPS) is 20.9. The molecule has 1 fully saturated rings. The van der Waals surface area contributed by atoms with E-state index < -0.39 is 6.10 Å². The zero-order valence-corrected chi connectivity index (χ0v) is 26.8. The minimum Gasteiger partial charge on any atom is -0.507 e. The number of carbonyl (C=O) groups is 2. The zero-order chi connectivity index (χ0) is 32.1. The first-order valence-corrected chi connectivity index (χ1v) is 15.1. The molecule has 0 saturated carbocycles. The van der Waals surface area contributed by atoms with Crippen molar-refractivity contribution >= 4 is 23.5 Å². The van der Waals surface area contributed by atoms with Gasteiger partial charge in [0.25, 0.3) is 5.91 Å². The van der Waals surface area contributed by atoms with E-state index in [2.05, 4.69) is 10.3 Å². The minimum absolute atomic E-state index is 0.0436. The lowest BCUT2D eigenvalue weighted by Crippen LogP contribution is -2.40. The summed E-state index contributed by atoms with van der Waals surface area (Å²) in [5.41, 5.74) is 10.1. The van der Waals surface area contributed by atoms with Gasteiger partial charge in [0.2, 0.25) is 0 Å². The number of allylic oxidation sites excluding steroid dienone is 1. The van der Waals surface area contributed by atoms with Gasteiger partial charge in [-0.2, -0.15) is 0 Å². The van der Waals surface area contributed by atoms with Crippen LogP contribution in [0.1, 0.15) is 85.5 Å². The molecule has 5 N–H and O–H groups in total. The summed E-state index contributed by atoms with van der Waals surface area (Å²) in [6, 6.07) is 11.2. The van der Waals surface area contributed by atoms with Gasteiger partial charge in [0, 0.05) is 68.6 Å². The van der Waals surface area contributed by atoms with Crippen molar-refractivity contribution < 1.29 is 24.5 Å². The number of nitrogens with zero attached hydrogens (tertiary/aromatic N) is 2. The number of methoxy groups -OCH3 is 1. The summed E-state index contributed by atoms with van der Waals surface area (Å²) in [4.78, 5) is 32.1. The van der Waals surface area contributed by atoms with E-state index in [9.17, 15) is 19.8 Å². The predicted octanol–water partition coefficient (Wildman–Crippen LogP) is 4.58. The summed E-state index contributed by atoms with van der Waals surface area (Å²) in [6.45, 7) is 10.5. The van der Waals surface area contributed by atoms with Crippen molar-refractivity contribution in [2.75, 3.05) is 27.2 Å². The molecule has 3 rings (SSSR count). The number of aliphatic imine (C=N–C) groups is 1. The Morgan fingerprint density at radius 3 is 2.53 bits per heavy atom. The first-order chi connectivity index (χ1) is 20.5. The fourth-order valence-corrected chi connectivity index (χ4v) is 5.14. The van der Waals surface area contributed by atoms with Crippen LogP contribution in [0.5, 0.6) is 5.75 Å². The molecule has 9 nitrogen and oxygen atoms in total. The molecule has 0 bridgehead atoms. The number of hydrogen-bond donors (Lipinski definition) is 4. The monoisotopic (exact) mass is 594 g/mol. The molecule has 9 heteroatoms. The molecule has 0 aromatic heterocycles. The van der Waals surface area contributed by atoms with Crippen LogP contribution in [-0.4, -0.2) is 78.6 Å². The molecule has 2 aromatic carbocycles. The number of phenols is 1. The molecule has 0 radical (unpaired) electrons. The number of phenolic OH excluding ortho intramolecular Hbond substituents is 1. The standard InChI is InChI=1S/C32H44N4O5.C2H6/c1-20-6-12-28(31(39)30(20)25-16-27(37)11-13-29(38)21(2)36(4)19-25)32(40)34-15-14-23-7-9-24(10-8-23)26(17-33)18-35-22(3)41-5;1-2/h6-10,12,17-18,21-22,25,29,38-39H,11,13-16,19,33H2,1-5H3,(H,34,40);1-2H3/b26-17+,35-18-;/t21-,22?,25?,29-;/m1./s1. The number of Topliss-reactive ketones (excluding diaryl/α,β-unsaturated/α-hetero) is 1. The van der Waals surface area contributed by atoms with Gasteiger partial charge in [-0.15, -0.1) is 0 Å². The Morgan fingerprint density at radius 1 is 1.23 bits per heavy atom. The number of ketones is 1. The third kappa shape index (κ3) is 10.0. The van der Waals surface area contributed by atoms with Crippen molar-refractivity contribution in [3.05, 3.63) is 70.4 Å². The van der Waals surface area contributed by atoms with Crippen LogP contribution >= 0.6 is 0 Å². The van der Waals surface area contributed by atoms with Crippen molar-refractivity contribution in [1.82, 2.24) is 10.2 Å². The summed E-state index contributed by atoms with van der Waals surface area (Å²) in [6.07, 6.45) is 3.88. The first-order valence-electron chi connectivity index (χ1n) is 15.1. The highest BCUT2D eigenvalue weighted by molar-refractivity contribution is 6.09. The number of aliphatic hydroxyl groups is 1. The number of amides is 1. The highest BCUT2D eigenvalue weighted by Gasteiger charge is 2.30. The van der Waals surface area contributed by atoms with Crippen molar-refractivity contribution in [2.45, 2.75) is 84.6 Å². The maximum atomic E-state index is 13.1. The van der Waals surface area contributed by atoms with Gasteiger partial charge in [0.05, 0.1) is 11.7 Å². The Bertz CT molecular complexity index is 1260. The quantitative estimate of drug-likeness (QED) is 0.312. The molecular weight excluding hydrogens is 544 g/mol. The number of nitrogens with one attached hydrogen (secondary N) is 1. The van der Waals surface area contributed by atoms with Crippen LogP contribution in [0, 0.1) is 6.92 Å². The minimum atomic E-state index is -0.594. The van der Waals surface area contributed by atoms with Crippen molar-refractivity contribution in [1.29, 1.82) is 0 Å². The molecule has 0 spiro atoms. The third-order valence-corrected chi connectivity index (χ3v) is 7.97. The molecule has 1 amide bonds. The van der Waals surface area contributed by atoms with Gasteiger partial charge in [-0.25, -0.2) is 0 Å². The Morgan fingerprint density at radius 2 is 1.91 bits per heavy atom. The van der Waals surface area contributed by atoms with Crippen molar-refractivity contribution in [3.8, 4) is 5.75 Å². The number of carbonyl (C=O) groups excluding carboxylic acids is 2. The van der Waals surface area contributed by atoms with E-state index in [-0.39, 0.29) is 47.6 Å². The second-order valence-corrected chi connectivity index (χ2v) is 10.9. The second kappa shape index (κ2) is 17.6. The van der Waals surface area contributed by atoms with Gasteiger partial charge in [-0.05, 0) is 63.4 Å². The molecule has 0 aliphatic carbocycles. The van der Waals surface area contributed by atoms with Crippen LogP contribution in [0.4, 0.5) is 0 Å². The van der Waals surface area contributed by atoms with Gasteiger partial charge >= 0.3 is 0 Å². The number of nitrogens with two attached hydrogens (primary N) is 1. The molecule has 1 heterocycles. The first kappa shape index (κ1) is 35.7. The number of aliphatic hydroxyl groups excluding tert-OH is 1. The average molecular weight is 595 g/mol.